The second kappa shape index (κ2) is 4.46. The fourth-order valence-corrected chi connectivity index (χ4v) is 5.49. The number of fused-ring (bicyclic) bond motifs is 5. The van der Waals surface area contributed by atoms with Crippen LogP contribution in [-0.4, -0.2) is 9.36 Å². The van der Waals surface area contributed by atoms with Crippen LogP contribution in [0.2, 0.25) is 10.0 Å². The highest BCUT2D eigenvalue weighted by Gasteiger charge is 2.62. The van der Waals surface area contributed by atoms with E-state index in [1.54, 1.807) is 22.9 Å². The van der Waals surface area contributed by atoms with E-state index in [-0.39, 0.29) is 16.4 Å². The van der Waals surface area contributed by atoms with Crippen molar-refractivity contribution in [3.63, 3.8) is 0 Å². The molecule has 4 rings (SSSR count). The first-order chi connectivity index (χ1) is 10.7. The Labute approximate surface area is 145 Å². The summed E-state index contributed by atoms with van der Waals surface area (Å²) in [5.41, 5.74) is 3.13. The molecule has 0 amide bonds. The van der Waals surface area contributed by atoms with Crippen molar-refractivity contribution in [2.75, 3.05) is 0 Å². The van der Waals surface area contributed by atoms with Gasteiger partial charge in [0.25, 0.3) is 5.56 Å². The minimum atomic E-state index is 0.0362. The minimum Gasteiger partial charge on any atom is -0.284 e. The van der Waals surface area contributed by atoms with Gasteiger partial charge in [0.15, 0.2) is 0 Å². The van der Waals surface area contributed by atoms with E-state index in [0.717, 1.165) is 24.1 Å². The number of rotatable bonds is 1. The molecule has 5 heteroatoms. The molecule has 0 N–H and O–H groups in total. The van der Waals surface area contributed by atoms with E-state index >= 15 is 0 Å². The maximum Gasteiger partial charge on any atom is 0.275 e. The van der Waals surface area contributed by atoms with Crippen LogP contribution in [0.3, 0.4) is 0 Å². The quantitative estimate of drug-likeness (QED) is 0.734. The van der Waals surface area contributed by atoms with Crippen molar-refractivity contribution >= 4 is 23.2 Å². The summed E-state index contributed by atoms with van der Waals surface area (Å²) in [6, 6.07) is 5.27. The first kappa shape index (κ1) is 15.3. The zero-order valence-electron chi connectivity index (χ0n) is 13.8. The molecule has 0 unspecified atom stereocenters. The molecule has 2 aliphatic rings. The molecule has 1 saturated carbocycles. The van der Waals surface area contributed by atoms with Gasteiger partial charge in [-0.05, 0) is 42.4 Å². The van der Waals surface area contributed by atoms with E-state index in [4.69, 9.17) is 23.2 Å². The fraction of sp³-hybridized carbons (Fsp3) is 0.500. The van der Waals surface area contributed by atoms with E-state index in [1.165, 1.54) is 5.69 Å². The fourth-order valence-electron chi connectivity index (χ4n) is 4.98. The van der Waals surface area contributed by atoms with Crippen molar-refractivity contribution in [3.8, 4) is 5.69 Å². The lowest BCUT2D eigenvalue weighted by atomic mass is 9.70. The van der Waals surface area contributed by atoms with Gasteiger partial charge in [-0.25, -0.2) is 4.68 Å². The predicted octanol–water partition coefficient (Wildman–Crippen LogP) is 4.66. The zero-order valence-corrected chi connectivity index (χ0v) is 15.3. The van der Waals surface area contributed by atoms with Gasteiger partial charge in [-0.2, -0.15) is 0 Å². The average molecular weight is 351 g/mol. The summed E-state index contributed by atoms with van der Waals surface area (Å²) in [6.07, 6.45) is 2.22. The predicted molar refractivity (Wildman–Crippen MR) is 94.1 cm³/mol. The first-order valence-electron chi connectivity index (χ1n) is 7.97. The Hall–Kier alpha value is -1.19. The highest BCUT2D eigenvalue weighted by atomic mass is 35.5. The highest BCUT2D eigenvalue weighted by Crippen LogP contribution is 2.66. The van der Waals surface area contributed by atoms with Crippen LogP contribution in [0.4, 0.5) is 0 Å². The zero-order chi connectivity index (χ0) is 16.7. The third-order valence-electron chi connectivity index (χ3n) is 6.49. The van der Waals surface area contributed by atoms with Crippen LogP contribution < -0.4 is 5.56 Å². The second-order valence-electron chi connectivity index (χ2n) is 7.68. The number of benzene rings is 1. The maximum absolute atomic E-state index is 13.2. The summed E-state index contributed by atoms with van der Waals surface area (Å²) in [5.74, 6) is 0.331. The molecule has 3 nitrogen and oxygen atoms in total. The second-order valence-corrected chi connectivity index (χ2v) is 8.55. The van der Waals surface area contributed by atoms with Gasteiger partial charge in [0.1, 0.15) is 0 Å². The Kier molecular flexibility index (Phi) is 2.97. The highest BCUT2D eigenvalue weighted by molar-refractivity contribution is 6.34. The summed E-state index contributed by atoms with van der Waals surface area (Å²) in [7, 11) is 1.97. The first-order valence-corrected chi connectivity index (χ1v) is 8.73. The topological polar surface area (TPSA) is 26.9 Å². The van der Waals surface area contributed by atoms with E-state index in [0.29, 0.717) is 16.0 Å². The molecular formula is C18H20Cl2N2O. The molecule has 122 valence electrons. The molecule has 1 fully saturated rings. The molecule has 0 radical (unpaired) electrons. The van der Waals surface area contributed by atoms with Crippen molar-refractivity contribution in [1.82, 2.24) is 9.36 Å². The minimum absolute atomic E-state index is 0.0362. The summed E-state index contributed by atoms with van der Waals surface area (Å²) in [5, 5.41) is 1.07. The molecule has 23 heavy (non-hydrogen) atoms. The maximum atomic E-state index is 13.2. The Morgan fingerprint density at radius 1 is 1.13 bits per heavy atom. The lowest BCUT2D eigenvalue weighted by Crippen LogP contribution is -2.35. The Morgan fingerprint density at radius 2 is 1.74 bits per heavy atom. The molecule has 1 aromatic carbocycles. The summed E-state index contributed by atoms with van der Waals surface area (Å²) in [6.45, 7) is 6.89. The number of nitrogens with zero attached hydrogens (tertiary/aromatic N) is 2. The van der Waals surface area contributed by atoms with Crippen molar-refractivity contribution in [1.29, 1.82) is 0 Å². The lowest BCUT2D eigenvalue weighted by Gasteiger charge is -2.36. The van der Waals surface area contributed by atoms with Crippen LogP contribution in [0.15, 0.2) is 23.0 Å². The standard InChI is InChI=1S/C18H20Cl2N2O/c1-17(2)13-5-6-18(17,3)15-14(13)16(23)22(21(15)4)12-8-10(19)7-11(20)9-12/h7-9,13H,5-6H2,1-4H3/t13-,18+/m1/s1. The smallest absolute Gasteiger partial charge is 0.275 e. The van der Waals surface area contributed by atoms with Gasteiger partial charge in [0.2, 0.25) is 0 Å². The molecule has 1 heterocycles. The van der Waals surface area contributed by atoms with Gasteiger partial charge >= 0.3 is 0 Å². The number of hydrogen-bond acceptors (Lipinski definition) is 1. The van der Waals surface area contributed by atoms with Crippen molar-refractivity contribution in [3.05, 3.63) is 49.9 Å². The molecule has 2 aliphatic carbocycles. The summed E-state index contributed by atoms with van der Waals surface area (Å²) < 4.78 is 3.73. The molecule has 2 aromatic rings. The van der Waals surface area contributed by atoms with Crippen LogP contribution >= 0.6 is 23.2 Å². The number of hydrogen-bond donors (Lipinski definition) is 0. The monoisotopic (exact) mass is 350 g/mol. The van der Waals surface area contributed by atoms with Crippen LogP contribution in [-0.2, 0) is 12.5 Å². The molecule has 0 aliphatic heterocycles. The number of halogens is 2. The molecular weight excluding hydrogens is 331 g/mol. The summed E-state index contributed by atoms with van der Waals surface area (Å²) >= 11 is 12.3. The normalized spacial score (nSPS) is 27.5. The van der Waals surface area contributed by atoms with Crippen molar-refractivity contribution < 1.29 is 0 Å². The molecule has 1 aromatic heterocycles. The average Bonchev–Trinajstić information content (AvgIpc) is 2.89. The third kappa shape index (κ3) is 1.70. The van der Waals surface area contributed by atoms with E-state index in [2.05, 4.69) is 20.8 Å². The van der Waals surface area contributed by atoms with Gasteiger partial charge < -0.3 is 0 Å². The van der Waals surface area contributed by atoms with Crippen molar-refractivity contribution in [2.45, 2.75) is 44.9 Å². The van der Waals surface area contributed by atoms with Crippen LogP contribution in [0.1, 0.15) is 50.8 Å². The molecule has 2 bridgehead atoms. The molecule has 2 atom stereocenters. The van der Waals surface area contributed by atoms with Gasteiger partial charge in [-0.3, -0.25) is 9.48 Å². The largest absolute Gasteiger partial charge is 0.284 e. The molecule has 0 saturated heterocycles. The lowest BCUT2D eigenvalue weighted by molar-refractivity contribution is 0.218. The molecule has 0 spiro atoms. The van der Waals surface area contributed by atoms with Crippen molar-refractivity contribution in [2.24, 2.45) is 12.5 Å². The Bertz CT molecular complexity index is 873. The summed E-state index contributed by atoms with van der Waals surface area (Å²) in [4.78, 5) is 13.2. The number of aromatic nitrogens is 2. The third-order valence-corrected chi connectivity index (χ3v) is 6.93. The van der Waals surface area contributed by atoms with Gasteiger partial charge in [0, 0.05) is 28.1 Å². The van der Waals surface area contributed by atoms with Gasteiger partial charge in [0.05, 0.1) is 11.4 Å². The van der Waals surface area contributed by atoms with Crippen LogP contribution in [0.25, 0.3) is 5.69 Å². The Balaban J connectivity index is 2.03. The van der Waals surface area contributed by atoms with Gasteiger partial charge in [-0.1, -0.05) is 44.0 Å². The van der Waals surface area contributed by atoms with Gasteiger partial charge in [-0.15, -0.1) is 0 Å². The van der Waals surface area contributed by atoms with Crippen LogP contribution in [0, 0.1) is 5.41 Å². The Morgan fingerprint density at radius 3 is 2.30 bits per heavy atom. The van der Waals surface area contributed by atoms with E-state index < -0.39 is 0 Å². The van der Waals surface area contributed by atoms with E-state index in [9.17, 15) is 4.79 Å². The van der Waals surface area contributed by atoms with E-state index in [1.807, 2.05) is 11.7 Å². The van der Waals surface area contributed by atoms with Crippen LogP contribution in [0.5, 0.6) is 0 Å². The SMILES string of the molecule is Cn1c2c(c(=O)n1-c1cc(Cl)cc(Cl)c1)[C@H]1CC[C@]2(C)C1(C)C.